The van der Waals surface area contributed by atoms with Gasteiger partial charge in [0, 0.05) is 31.9 Å². The van der Waals surface area contributed by atoms with E-state index in [0.717, 1.165) is 30.9 Å². The summed E-state index contributed by atoms with van der Waals surface area (Å²) in [6.07, 6.45) is 5.38. The van der Waals surface area contributed by atoms with Crippen molar-refractivity contribution in [2.75, 3.05) is 11.4 Å². The van der Waals surface area contributed by atoms with Gasteiger partial charge >= 0.3 is 6.03 Å². The lowest BCUT2D eigenvalue weighted by Crippen LogP contribution is -2.41. The molecule has 2 aromatic rings. The number of nitrogens with one attached hydrogen (secondary N) is 2. The van der Waals surface area contributed by atoms with Crippen LogP contribution in [0.5, 0.6) is 0 Å². The number of hydrogen-bond acceptors (Lipinski definition) is 3. The molecule has 1 atom stereocenters. The van der Waals surface area contributed by atoms with Crippen molar-refractivity contribution in [3.63, 3.8) is 0 Å². The second kappa shape index (κ2) is 7.36. The summed E-state index contributed by atoms with van der Waals surface area (Å²) in [5.41, 5.74) is 3.84. The molecule has 1 saturated carbocycles. The molecule has 2 aliphatic rings. The van der Waals surface area contributed by atoms with E-state index in [4.69, 9.17) is 0 Å². The number of fused-ring (bicyclic) bond motifs is 1. The molecule has 0 saturated heterocycles. The highest BCUT2D eigenvalue weighted by molar-refractivity contribution is 5.74. The van der Waals surface area contributed by atoms with Crippen molar-refractivity contribution in [2.24, 2.45) is 5.92 Å². The molecule has 1 aromatic carbocycles. The van der Waals surface area contributed by atoms with Crippen molar-refractivity contribution in [3.05, 3.63) is 59.3 Å². The fourth-order valence-electron chi connectivity index (χ4n) is 3.55. The number of nitrogens with zero attached hydrogens (tertiary/aromatic N) is 2. The average molecular weight is 350 g/mol. The third-order valence-electron chi connectivity index (χ3n) is 5.40. The van der Waals surface area contributed by atoms with E-state index in [1.54, 1.807) is 0 Å². The summed E-state index contributed by atoms with van der Waals surface area (Å²) in [5, 5.41) is 5.93. The van der Waals surface area contributed by atoms with Crippen LogP contribution in [0.15, 0.2) is 42.6 Å². The second-order valence-electron chi connectivity index (χ2n) is 7.42. The molecule has 2 heterocycles. The highest BCUT2D eigenvalue weighted by Gasteiger charge is 2.28. The summed E-state index contributed by atoms with van der Waals surface area (Å²) in [7, 11) is 0. The fourth-order valence-corrected chi connectivity index (χ4v) is 3.55. The summed E-state index contributed by atoms with van der Waals surface area (Å²) < 4.78 is 0. The molecule has 26 heavy (non-hydrogen) atoms. The number of aromatic nitrogens is 1. The molecule has 1 aromatic heterocycles. The van der Waals surface area contributed by atoms with Crippen LogP contribution in [0.1, 0.15) is 36.5 Å². The molecule has 136 valence electrons. The molecule has 2 N–H and O–H groups in total. The monoisotopic (exact) mass is 350 g/mol. The highest BCUT2D eigenvalue weighted by Crippen LogP contribution is 2.32. The predicted octanol–water partition coefficient (Wildman–Crippen LogP) is 3.24. The van der Waals surface area contributed by atoms with E-state index in [1.165, 1.54) is 24.0 Å². The Morgan fingerprint density at radius 1 is 1.23 bits per heavy atom. The van der Waals surface area contributed by atoms with Crippen molar-refractivity contribution in [2.45, 2.75) is 45.3 Å². The minimum Gasteiger partial charge on any atom is -0.352 e. The van der Waals surface area contributed by atoms with E-state index in [9.17, 15) is 4.79 Å². The van der Waals surface area contributed by atoms with Gasteiger partial charge in [-0.2, -0.15) is 0 Å². The van der Waals surface area contributed by atoms with Gasteiger partial charge in [0.1, 0.15) is 5.82 Å². The maximum Gasteiger partial charge on any atom is 0.315 e. The molecular formula is C21H26N4O. The molecule has 4 rings (SSSR count). The van der Waals surface area contributed by atoms with Crippen LogP contribution in [0.4, 0.5) is 10.6 Å². The standard InChI is InChI=1S/C21H26N4O/c1-15(17-7-8-17)24-21(26)23-13-16-6-9-20(22-12-16)25-11-10-18-4-2-3-5-19(18)14-25/h2-6,9,12,15,17H,7-8,10-11,13-14H2,1H3,(H2,23,24,26). The summed E-state index contributed by atoms with van der Waals surface area (Å²) in [5.74, 6) is 1.66. The maximum absolute atomic E-state index is 11.9. The molecule has 1 unspecified atom stereocenters. The van der Waals surface area contributed by atoms with Gasteiger partial charge in [0.25, 0.3) is 0 Å². The van der Waals surface area contributed by atoms with E-state index in [0.29, 0.717) is 12.5 Å². The smallest absolute Gasteiger partial charge is 0.315 e. The van der Waals surface area contributed by atoms with Crippen LogP contribution in [0.2, 0.25) is 0 Å². The van der Waals surface area contributed by atoms with Gasteiger partial charge in [0.05, 0.1) is 0 Å². The number of carbonyl (C=O) groups excluding carboxylic acids is 1. The van der Waals surface area contributed by atoms with Gasteiger partial charge in [0.2, 0.25) is 0 Å². The molecule has 2 amide bonds. The van der Waals surface area contributed by atoms with E-state index in [2.05, 4.69) is 57.8 Å². The number of urea groups is 1. The molecular weight excluding hydrogens is 324 g/mol. The molecule has 0 bridgehead atoms. The summed E-state index contributed by atoms with van der Waals surface area (Å²) in [6, 6.07) is 12.9. The fraction of sp³-hybridized carbons (Fsp3) is 0.429. The predicted molar refractivity (Wildman–Crippen MR) is 103 cm³/mol. The van der Waals surface area contributed by atoms with Crippen LogP contribution in [-0.2, 0) is 19.5 Å². The number of anilines is 1. The molecule has 5 nitrogen and oxygen atoms in total. The van der Waals surface area contributed by atoms with Gasteiger partial charge in [-0.1, -0.05) is 30.3 Å². The van der Waals surface area contributed by atoms with Gasteiger partial charge in [-0.05, 0) is 54.9 Å². The van der Waals surface area contributed by atoms with Gasteiger partial charge in [-0.25, -0.2) is 9.78 Å². The summed E-state index contributed by atoms with van der Waals surface area (Å²) in [6.45, 7) is 4.47. The molecule has 0 spiro atoms. The van der Waals surface area contributed by atoms with E-state index >= 15 is 0 Å². The lowest BCUT2D eigenvalue weighted by atomic mass is 10.00. The Morgan fingerprint density at radius 2 is 2.04 bits per heavy atom. The quantitative estimate of drug-likeness (QED) is 0.870. The van der Waals surface area contributed by atoms with Crippen molar-refractivity contribution < 1.29 is 4.79 Å². The first-order chi connectivity index (χ1) is 12.7. The Kier molecular flexibility index (Phi) is 4.78. The van der Waals surface area contributed by atoms with Crippen LogP contribution >= 0.6 is 0 Å². The van der Waals surface area contributed by atoms with Crippen molar-refractivity contribution in [3.8, 4) is 0 Å². The Hall–Kier alpha value is -2.56. The van der Waals surface area contributed by atoms with Gasteiger partial charge < -0.3 is 15.5 Å². The summed E-state index contributed by atoms with van der Waals surface area (Å²) >= 11 is 0. The first-order valence-electron chi connectivity index (χ1n) is 9.50. The SMILES string of the molecule is CC(NC(=O)NCc1ccc(N2CCc3ccccc3C2)nc1)C1CC1. The van der Waals surface area contributed by atoms with E-state index in [1.807, 2.05) is 12.3 Å². The normalized spacial score (nSPS) is 17.3. The number of rotatable bonds is 5. The van der Waals surface area contributed by atoms with Gasteiger partial charge in [0.15, 0.2) is 0 Å². The maximum atomic E-state index is 11.9. The zero-order chi connectivity index (χ0) is 17.9. The molecule has 5 heteroatoms. The first-order valence-corrected chi connectivity index (χ1v) is 9.50. The van der Waals surface area contributed by atoms with Gasteiger partial charge in [-0.3, -0.25) is 0 Å². The lowest BCUT2D eigenvalue weighted by molar-refractivity contribution is 0.236. The largest absolute Gasteiger partial charge is 0.352 e. The number of benzene rings is 1. The minimum absolute atomic E-state index is 0.0962. The lowest BCUT2D eigenvalue weighted by Gasteiger charge is -2.29. The molecule has 1 fully saturated rings. The van der Waals surface area contributed by atoms with Crippen molar-refractivity contribution >= 4 is 11.8 Å². The average Bonchev–Trinajstić information content (AvgIpc) is 3.52. The van der Waals surface area contributed by atoms with Crippen molar-refractivity contribution in [1.82, 2.24) is 15.6 Å². The number of carbonyl (C=O) groups is 1. The number of amides is 2. The van der Waals surface area contributed by atoms with E-state index < -0.39 is 0 Å². The Labute approximate surface area is 154 Å². The van der Waals surface area contributed by atoms with Crippen molar-refractivity contribution in [1.29, 1.82) is 0 Å². The van der Waals surface area contributed by atoms with Crippen LogP contribution < -0.4 is 15.5 Å². The van der Waals surface area contributed by atoms with Crippen LogP contribution in [0.3, 0.4) is 0 Å². The zero-order valence-electron chi connectivity index (χ0n) is 15.2. The Bertz CT molecular complexity index is 770. The Balaban J connectivity index is 1.30. The Morgan fingerprint density at radius 3 is 2.77 bits per heavy atom. The molecule has 1 aliphatic heterocycles. The molecule has 0 radical (unpaired) electrons. The number of pyridine rings is 1. The number of hydrogen-bond donors (Lipinski definition) is 2. The minimum atomic E-state index is -0.0962. The topological polar surface area (TPSA) is 57.3 Å². The summed E-state index contributed by atoms with van der Waals surface area (Å²) in [4.78, 5) is 18.9. The van der Waals surface area contributed by atoms with Crippen LogP contribution in [0, 0.1) is 5.92 Å². The van der Waals surface area contributed by atoms with E-state index in [-0.39, 0.29) is 12.1 Å². The van der Waals surface area contributed by atoms with Crippen LogP contribution in [0.25, 0.3) is 0 Å². The first kappa shape index (κ1) is 16.9. The third-order valence-corrected chi connectivity index (χ3v) is 5.40. The third kappa shape index (κ3) is 3.98. The van der Waals surface area contributed by atoms with Gasteiger partial charge in [-0.15, -0.1) is 0 Å². The highest BCUT2D eigenvalue weighted by atomic mass is 16.2. The molecule has 1 aliphatic carbocycles. The zero-order valence-corrected chi connectivity index (χ0v) is 15.2. The van der Waals surface area contributed by atoms with Crippen LogP contribution in [-0.4, -0.2) is 23.6 Å². The second-order valence-corrected chi connectivity index (χ2v) is 7.42.